The van der Waals surface area contributed by atoms with Crippen molar-refractivity contribution in [3.8, 4) is 22.3 Å². The minimum Gasteiger partial charge on any atom is -0.478 e. The van der Waals surface area contributed by atoms with Crippen LogP contribution >= 0.6 is 11.8 Å². The van der Waals surface area contributed by atoms with Crippen LogP contribution in [0.25, 0.3) is 33.0 Å². The Bertz CT molecular complexity index is 1260. The molecule has 0 aromatic heterocycles. The van der Waals surface area contributed by atoms with Crippen LogP contribution in [0.3, 0.4) is 0 Å². The summed E-state index contributed by atoms with van der Waals surface area (Å²) in [7, 11) is 0. The molecule has 4 aromatic rings. The second-order valence-corrected chi connectivity index (χ2v) is 7.89. The van der Waals surface area contributed by atoms with Crippen molar-refractivity contribution in [1.29, 1.82) is 0 Å². The number of benzene rings is 4. The number of carboxylic acid groups (broad SMARTS) is 1. The van der Waals surface area contributed by atoms with Crippen LogP contribution in [0.5, 0.6) is 0 Å². The molecule has 0 heterocycles. The van der Waals surface area contributed by atoms with Gasteiger partial charge in [-0.25, -0.2) is 4.79 Å². The summed E-state index contributed by atoms with van der Waals surface area (Å²) in [4.78, 5) is 12.6. The van der Waals surface area contributed by atoms with Gasteiger partial charge < -0.3 is 5.11 Å². The van der Waals surface area contributed by atoms with Gasteiger partial charge in [-0.3, -0.25) is 0 Å². The van der Waals surface area contributed by atoms with Gasteiger partial charge >= 0.3 is 12.1 Å². The third-order valence-corrected chi connectivity index (χ3v) is 5.91. The summed E-state index contributed by atoms with van der Waals surface area (Å²) < 4.78 is 38.8. The molecule has 0 saturated heterocycles. The zero-order valence-electron chi connectivity index (χ0n) is 16.4. The summed E-state index contributed by atoms with van der Waals surface area (Å²) in [5.74, 6) is -1.04. The fourth-order valence-corrected chi connectivity index (χ4v) is 4.24. The highest BCUT2D eigenvalue weighted by molar-refractivity contribution is 7.98. The van der Waals surface area contributed by atoms with Crippen molar-refractivity contribution < 1.29 is 23.1 Å². The van der Waals surface area contributed by atoms with Gasteiger partial charge in [0.05, 0.1) is 11.1 Å². The van der Waals surface area contributed by atoms with Crippen molar-refractivity contribution in [1.82, 2.24) is 0 Å². The Morgan fingerprint density at radius 1 is 0.839 bits per heavy atom. The molecular weight excluding hydrogens is 421 g/mol. The Kier molecular flexibility index (Phi) is 5.50. The minimum atomic E-state index is -4.40. The SMILES string of the molecule is CSc1cc2c(-c3ccccc3)cc(C(=O)O)cc2cc1-c1ccc(C(F)(F)F)cc1. The fraction of sp³-hybridized carbons (Fsp3) is 0.0800. The van der Waals surface area contributed by atoms with E-state index in [0.29, 0.717) is 10.9 Å². The third kappa shape index (κ3) is 4.16. The highest BCUT2D eigenvalue weighted by atomic mass is 32.2. The maximum atomic E-state index is 12.9. The van der Waals surface area contributed by atoms with Crippen molar-refractivity contribution in [2.45, 2.75) is 11.1 Å². The Labute approximate surface area is 181 Å². The van der Waals surface area contributed by atoms with Gasteiger partial charge in [0, 0.05) is 4.90 Å². The molecule has 31 heavy (non-hydrogen) atoms. The van der Waals surface area contributed by atoms with Gasteiger partial charge in [0.15, 0.2) is 0 Å². The molecule has 0 aliphatic rings. The summed E-state index contributed by atoms with van der Waals surface area (Å²) >= 11 is 1.49. The maximum absolute atomic E-state index is 12.9. The molecule has 0 aliphatic heterocycles. The topological polar surface area (TPSA) is 37.3 Å². The van der Waals surface area contributed by atoms with E-state index < -0.39 is 17.7 Å². The van der Waals surface area contributed by atoms with Crippen molar-refractivity contribution in [3.05, 3.63) is 90.0 Å². The van der Waals surface area contributed by atoms with Crippen molar-refractivity contribution in [3.63, 3.8) is 0 Å². The summed E-state index contributed by atoms with van der Waals surface area (Å²) in [6.45, 7) is 0. The van der Waals surface area contributed by atoms with Crippen molar-refractivity contribution in [2.24, 2.45) is 0 Å². The van der Waals surface area contributed by atoms with Crippen molar-refractivity contribution >= 4 is 28.5 Å². The van der Waals surface area contributed by atoms with Crippen LogP contribution < -0.4 is 0 Å². The van der Waals surface area contributed by atoms with Gasteiger partial charge in [0.1, 0.15) is 0 Å². The van der Waals surface area contributed by atoms with Gasteiger partial charge in [0.25, 0.3) is 0 Å². The lowest BCUT2D eigenvalue weighted by atomic mass is 9.93. The van der Waals surface area contributed by atoms with Crippen LogP contribution in [0.4, 0.5) is 13.2 Å². The van der Waals surface area contributed by atoms with E-state index in [1.807, 2.05) is 48.7 Å². The quantitative estimate of drug-likeness (QED) is 0.333. The largest absolute Gasteiger partial charge is 0.478 e. The first-order chi connectivity index (χ1) is 14.8. The summed E-state index contributed by atoms with van der Waals surface area (Å²) in [5.41, 5.74) is 2.54. The molecule has 6 heteroatoms. The molecule has 0 bridgehead atoms. The van der Waals surface area contributed by atoms with Gasteiger partial charge in [0.2, 0.25) is 0 Å². The summed E-state index contributed by atoms with van der Waals surface area (Å²) in [5, 5.41) is 11.2. The van der Waals surface area contributed by atoms with Gasteiger partial charge in [-0.1, -0.05) is 42.5 Å². The van der Waals surface area contributed by atoms with Crippen LogP contribution in [-0.2, 0) is 6.18 Å². The first kappa shape index (κ1) is 21.0. The summed E-state index contributed by atoms with van der Waals surface area (Å²) in [6, 6.07) is 21.6. The van der Waals surface area contributed by atoms with Crippen molar-refractivity contribution in [2.75, 3.05) is 6.26 Å². The number of rotatable bonds is 4. The third-order valence-electron chi connectivity index (χ3n) is 5.13. The number of carboxylic acids is 1. The van der Waals surface area contributed by atoms with Crippen LogP contribution in [0.2, 0.25) is 0 Å². The zero-order chi connectivity index (χ0) is 22.2. The smallest absolute Gasteiger partial charge is 0.416 e. The van der Waals surface area contributed by atoms with E-state index in [4.69, 9.17) is 0 Å². The number of hydrogen-bond acceptors (Lipinski definition) is 2. The van der Waals surface area contributed by atoms with Gasteiger partial charge in [-0.05, 0) is 75.7 Å². The molecule has 0 radical (unpaired) electrons. The van der Waals surface area contributed by atoms with Crippen LogP contribution in [-0.4, -0.2) is 17.3 Å². The number of halogens is 3. The predicted molar refractivity (Wildman–Crippen MR) is 119 cm³/mol. The zero-order valence-corrected chi connectivity index (χ0v) is 17.2. The molecule has 1 N–H and O–H groups in total. The highest BCUT2D eigenvalue weighted by Gasteiger charge is 2.30. The lowest BCUT2D eigenvalue weighted by Gasteiger charge is -2.15. The molecule has 4 aromatic carbocycles. The molecule has 0 amide bonds. The Morgan fingerprint density at radius 2 is 1.48 bits per heavy atom. The lowest BCUT2D eigenvalue weighted by molar-refractivity contribution is -0.137. The van der Waals surface area contributed by atoms with Crippen LogP contribution in [0.1, 0.15) is 15.9 Å². The van der Waals surface area contributed by atoms with E-state index in [1.54, 1.807) is 12.1 Å². The number of carbonyl (C=O) groups is 1. The average molecular weight is 438 g/mol. The molecule has 156 valence electrons. The highest BCUT2D eigenvalue weighted by Crippen LogP contribution is 2.39. The predicted octanol–water partition coefficient (Wildman–Crippen LogP) is 7.61. The monoisotopic (exact) mass is 438 g/mol. The summed E-state index contributed by atoms with van der Waals surface area (Å²) in [6.07, 6.45) is -2.49. The number of aromatic carboxylic acids is 1. The lowest BCUT2D eigenvalue weighted by Crippen LogP contribution is -2.04. The number of hydrogen-bond donors (Lipinski definition) is 1. The van der Waals surface area contributed by atoms with Gasteiger partial charge in [-0.15, -0.1) is 11.8 Å². The molecule has 0 spiro atoms. The number of alkyl halides is 3. The molecule has 0 fully saturated rings. The molecular formula is C25H17F3O2S. The number of fused-ring (bicyclic) bond motifs is 1. The standard InChI is InChI=1S/C25H17F3O2S/c1-31-23-14-21-17(12-22(23)16-7-9-19(10-8-16)25(26,27)28)11-18(24(29)30)13-20(21)15-5-3-2-4-6-15/h2-14H,1H3,(H,29,30). The average Bonchev–Trinajstić information content (AvgIpc) is 2.77. The Balaban J connectivity index is 1.95. The van der Waals surface area contributed by atoms with Crippen LogP contribution in [0.15, 0.2) is 83.8 Å². The molecule has 0 atom stereocenters. The van der Waals surface area contributed by atoms with E-state index in [2.05, 4.69) is 0 Å². The first-order valence-electron chi connectivity index (χ1n) is 9.40. The van der Waals surface area contributed by atoms with Crippen LogP contribution in [0, 0.1) is 0 Å². The van der Waals surface area contributed by atoms with Gasteiger partial charge in [-0.2, -0.15) is 13.2 Å². The molecule has 0 aliphatic carbocycles. The molecule has 2 nitrogen and oxygen atoms in total. The normalized spacial score (nSPS) is 11.6. The second-order valence-electron chi connectivity index (χ2n) is 7.04. The molecule has 0 saturated carbocycles. The van der Waals surface area contributed by atoms with E-state index in [-0.39, 0.29) is 5.56 Å². The van der Waals surface area contributed by atoms with E-state index in [1.165, 1.54) is 23.9 Å². The number of thioether (sulfide) groups is 1. The minimum absolute atomic E-state index is 0.154. The second kappa shape index (κ2) is 8.12. The van der Waals surface area contributed by atoms with E-state index >= 15 is 0 Å². The fourth-order valence-electron chi connectivity index (χ4n) is 3.60. The Morgan fingerprint density at radius 3 is 2.06 bits per heavy atom. The molecule has 0 unspecified atom stereocenters. The maximum Gasteiger partial charge on any atom is 0.416 e. The van der Waals surface area contributed by atoms with E-state index in [0.717, 1.165) is 39.1 Å². The first-order valence-corrected chi connectivity index (χ1v) is 10.6. The molecule has 4 rings (SSSR count). The van der Waals surface area contributed by atoms with E-state index in [9.17, 15) is 23.1 Å². The Hall–Kier alpha value is -3.25.